The maximum Gasteiger partial charge on any atom is 0.338 e. The number of ether oxygens (including phenoxy) is 1. The number of benzene rings is 2. The van der Waals surface area contributed by atoms with E-state index in [-0.39, 0.29) is 17.3 Å². The van der Waals surface area contributed by atoms with Crippen molar-refractivity contribution in [2.45, 2.75) is 38.6 Å². The van der Waals surface area contributed by atoms with Gasteiger partial charge in [-0.15, -0.1) is 0 Å². The van der Waals surface area contributed by atoms with Crippen LogP contribution in [0.1, 0.15) is 52.9 Å². The van der Waals surface area contributed by atoms with E-state index in [4.69, 9.17) is 4.74 Å². The van der Waals surface area contributed by atoms with Gasteiger partial charge >= 0.3 is 5.97 Å². The quantitative estimate of drug-likeness (QED) is 0.468. The van der Waals surface area contributed by atoms with E-state index in [2.05, 4.69) is 17.4 Å². The predicted molar refractivity (Wildman–Crippen MR) is 103 cm³/mol. The molecule has 0 radical (unpaired) electrons. The molecule has 0 aliphatic heterocycles. The maximum atomic E-state index is 12.1. The molecule has 0 fully saturated rings. The number of nitro benzene ring substituents is 1. The van der Waals surface area contributed by atoms with Crippen LogP contribution in [-0.2, 0) is 22.4 Å². The lowest BCUT2D eigenvalue weighted by atomic mass is 9.89. The summed E-state index contributed by atoms with van der Waals surface area (Å²) in [7, 11) is 0. The van der Waals surface area contributed by atoms with Crippen LogP contribution in [0.5, 0.6) is 0 Å². The van der Waals surface area contributed by atoms with Crippen molar-refractivity contribution in [2.24, 2.45) is 0 Å². The molecule has 3 rings (SSSR count). The van der Waals surface area contributed by atoms with Gasteiger partial charge in [-0.05, 0) is 55.4 Å². The lowest BCUT2D eigenvalue weighted by Crippen LogP contribution is -2.31. The van der Waals surface area contributed by atoms with E-state index in [0.717, 1.165) is 24.5 Å². The Balaban J connectivity index is 1.54. The van der Waals surface area contributed by atoms with Crippen LogP contribution < -0.4 is 5.32 Å². The molecule has 28 heavy (non-hydrogen) atoms. The number of nitrogens with zero attached hydrogens (tertiary/aromatic N) is 1. The molecule has 1 aliphatic carbocycles. The van der Waals surface area contributed by atoms with Crippen LogP contribution in [0.3, 0.4) is 0 Å². The summed E-state index contributed by atoms with van der Waals surface area (Å²) >= 11 is 0. The Morgan fingerprint density at radius 3 is 2.64 bits per heavy atom. The number of nitrogens with one attached hydrogen (secondary N) is 1. The summed E-state index contributed by atoms with van der Waals surface area (Å²) in [4.78, 5) is 34.3. The standard InChI is InChI=1S/C21H22N2O5/c1-14(16-10-9-15-5-2-3-6-17(15)11-16)22-20(24)13-28-21(25)18-7-4-8-19(12-18)23(26)27/h4,7-12,14H,2-3,5-6,13H2,1H3,(H,22,24)/t14-/m0/s1. The van der Waals surface area contributed by atoms with Gasteiger partial charge in [-0.25, -0.2) is 4.79 Å². The molecular formula is C21H22N2O5. The molecule has 0 saturated carbocycles. The molecule has 7 heteroatoms. The zero-order valence-corrected chi connectivity index (χ0v) is 15.6. The summed E-state index contributed by atoms with van der Waals surface area (Å²) < 4.78 is 4.98. The number of fused-ring (bicyclic) bond motifs is 1. The van der Waals surface area contributed by atoms with E-state index in [0.29, 0.717) is 0 Å². The van der Waals surface area contributed by atoms with Crippen molar-refractivity contribution in [3.05, 3.63) is 74.8 Å². The number of hydrogen-bond donors (Lipinski definition) is 1. The zero-order valence-electron chi connectivity index (χ0n) is 15.6. The Bertz CT molecular complexity index is 909. The molecular weight excluding hydrogens is 360 g/mol. The number of hydrogen-bond acceptors (Lipinski definition) is 5. The van der Waals surface area contributed by atoms with Crippen molar-refractivity contribution < 1.29 is 19.2 Å². The first kappa shape index (κ1) is 19.5. The minimum absolute atomic E-state index is 0.0322. The average Bonchev–Trinajstić information content (AvgIpc) is 2.71. The number of amides is 1. The summed E-state index contributed by atoms with van der Waals surface area (Å²) in [6.07, 6.45) is 4.56. The van der Waals surface area contributed by atoms with Crippen molar-refractivity contribution in [3.63, 3.8) is 0 Å². The fourth-order valence-electron chi connectivity index (χ4n) is 3.35. The highest BCUT2D eigenvalue weighted by atomic mass is 16.6. The summed E-state index contributed by atoms with van der Waals surface area (Å²) in [6, 6.07) is 11.3. The Hall–Kier alpha value is -3.22. The first-order valence-corrected chi connectivity index (χ1v) is 9.26. The van der Waals surface area contributed by atoms with E-state index in [1.54, 1.807) is 0 Å². The summed E-state index contributed by atoms with van der Waals surface area (Å²) in [6.45, 7) is 1.43. The highest BCUT2D eigenvalue weighted by molar-refractivity contribution is 5.92. The number of aryl methyl sites for hydroxylation is 2. The fourth-order valence-corrected chi connectivity index (χ4v) is 3.35. The van der Waals surface area contributed by atoms with Crippen LogP contribution in [0.4, 0.5) is 5.69 Å². The second-order valence-electron chi connectivity index (χ2n) is 6.91. The van der Waals surface area contributed by atoms with Crippen LogP contribution in [0.25, 0.3) is 0 Å². The van der Waals surface area contributed by atoms with Crippen molar-refractivity contribution >= 4 is 17.6 Å². The molecule has 1 N–H and O–H groups in total. The fraction of sp³-hybridized carbons (Fsp3) is 0.333. The molecule has 1 aliphatic rings. The Kier molecular flexibility index (Phi) is 6.03. The predicted octanol–water partition coefficient (Wildman–Crippen LogP) is 3.51. The molecule has 2 aromatic rings. The highest BCUT2D eigenvalue weighted by Gasteiger charge is 2.17. The number of carbonyl (C=O) groups excluding carboxylic acids is 2. The Morgan fingerprint density at radius 2 is 1.89 bits per heavy atom. The van der Waals surface area contributed by atoms with Gasteiger partial charge in [0.1, 0.15) is 0 Å². The smallest absolute Gasteiger partial charge is 0.338 e. The monoisotopic (exact) mass is 382 g/mol. The van der Waals surface area contributed by atoms with E-state index in [1.165, 1.54) is 42.2 Å². The van der Waals surface area contributed by atoms with Gasteiger partial charge in [0.05, 0.1) is 16.5 Å². The van der Waals surface area contributed by atoms with E-state index < -0.39 is 23.4 Å². The van der Waals surface area contributed by atoms with Gasteiger partial charge in [-0.2, -0.15) is 0 Å². The molecule has 0 bridgehead atoms. The van der Waals surface area contributed by atoms with E-state index >= 15 is 0 Å². The number of rotatable bonds is 6. The van der Waals surface area contributed by atoms with Gasteiger partial charge in [-0.1, -0.05) is 24.3 Å². The Labute approximate surface area is 162 Å². The molecule has 1 atom stereocenters. The third kappa shape index (κ3) is 4.73. The molecule has 146 valence electrons. The van der Waals surface area contributed by atoms with Gasteiger partial charge in [0, 0.05) is 12.1 Å². The van der Waals surface area contributed by atoms with E-state index in [9.17, 15) is 19.7 Å². The largest absolute Gasteiger partial charge is 0.452 e. The number of esters is 1. The molecule has 0 heterocycles. The third-order valence-corrected chi connectivity index (χ3v) is 4.88. The normalized spacial score (nSPS) is 13.9. The van der Waals surface area contributed by atoms with Crippen molar-refractivity contribution in [1.82, 2.24) is 5.32 Å². The molecule has 0 saturated heterocycles. The van der Waals surface area contributed by atoms with Crippen LogP contribution in [0.15, 0.2) is 42.5 Å². The van der Waals surface area contributed by atoms with Crippen LogP contribution in [-0.4, -0.2) is 23.4 Å². The second-order valence-corrected chi connectivity index (χ2v) is 6.91. The second kappa shape index (κ2) is 8.65. The first-order valence-electron chi connectivity index (χ1n) is 9.26. The van der Waals surface area contributed by atoms with E-state index in [1.807, 2.05) is 13.0 Å². The summed E-state index contributed by atoms with van der Waals surface area (Å²) in [5.74, 6) is -1.20. The average molecular weight is 382 g/mol. The van der Waals surface area contributed by atoms with Crippen molar-refractivity contribution in [3.8, 4) is 0 Å². The third-order valence-electron chi connectivity index (χ3n) is 4.88. The lowest BCUT2D eigenvalue weighted by Gasteiger charge is -2.20. The number of non-ortho nitro benzene ring substituents is 1. The summed E-state index contributed by atoms with van der Waals surface area (Å²) in [5, 5.41) is 13.6. The van der Waals surface area contributed by atoms with Gasteiger partial charge in [-0.3, -0.25) is 14.9 Å². The number of carbonyl (C=O) groups is 2. The van der Waals surface area contributed by atoms with Crippen LogP contribution >= 0.6 is 0 Å². The van der Waals surface area contributed by atoms with Gasteiger partial charge in [0.2, 0.25) is 0 Å². The lowest BCUT2D eigenvalue weighted by molar-refractivity contribution is -0.384. The molecule has 7 nitrogen and oxygen atoms in total. The van der Waals surface area contributed by atoms with Crippen molar-refractivity contribution in [1.29, 1.82) is 0 Å². The molecule has 0 unspecified atom stereocenters. The highest BCUT2D eigenvalue weighted by Crippen LogP contribution is 2.24. The van der Waals surface area contributed by atoms with Crippen molar-refractivity contribution in [2.75, 3.05) is 6.61 Å². The van der Waals surface area contributed by atoms with Gasteiger partial charge in [0.15, 0.2) is 6.61 Å². The minimum Gasteiger partial charge on any atom is -0.452 e. The molecule has 1 amide bonds. The summed E-state index contributed by atoms with van der Waals surface area (Å²) in [5.41, 5.74) is 3.55. The van der Waals surface area contributed by atoms with Crippen LogP contribution in [0.2, 0.25) is 0 Å². The molecule has 0 spiro atoms. The van der Waals surface area contributed by atoms with Gasteiger partial charge in [0.25, 0.3) is 11.6 Å². The molecule has 0 aromatic heterocycles. The Morgan fingerprint density at radius 1 is 1.14 bits per heavy atom. The minimum atomic E-state index is -0.778. The zero-order chi connectivity index (χ0) is 20.1. The maximum absolute atomic E-state index is 12.1. The number of nitro groups is 1. The first-order chi connectivity index (χ1) is 13.4. The van der Waals surface area contributed by atoms with Gasteiger partial charge < -0.3 is 10.1 Å². The topological polar surface area (TPSA) is 98.5 Å². The SMILES string of the molecule is C[C@H](NC(=O)COC(=O)c1cccc([N+](=O)[O-])c1)c1ccc2c(c1)CCCC2. The molecule has 2 aromatic carbocycles. The van der Waals surface area contributed by atoms with Crippen LogP contribution in [0, 0.1) is 10.1 Å².